The lowest BCUT2D eigenvalue weighted by atomic mass is 10.2. The average molecular weight is 377 g/mol. The minimum absolute atomic E-state index is 0.214. The van der Waals surface area contributed by atoms with Gasteiger partial charge in [0, 0.05) is 11.8 Å². The second-order valence-electron chi connectivity index (χ2n) is 5.63. The molecule has 0 radical (unpaired) electrons. The van der Waals surface area contributed by atoms with Gasteiger partial charge in [0.25, 0.3) is 5.91 Å². The maximum atomic E-state index is 12.3. The van der Waals surface area contributed by atoms with Gasteiger partial charge in [0.2, 0.25) is 0 Å². The zero-order valence-electron chi connectivity index (χ0n) is 14.0. The Morgan fingerprint density at radius 2 is 1.88 bits per heavy atom. The third-order valence-corrected chi connectivity index (χ3v) is 4.04. The number of nitrogens with one attached hydrogen (secondary N) is 1. The highest BCUT2D eigenvalue weighted by Gasteiger charge is 2.20. The van der Waals surface area contributed by atoms with Gasteiger partial charge in [-0.2, -0.15) is 0 Å². The zero-order valence-corrected chi connectivity index (χ0v) is 14.7. The summed E-state index contributed by atoms with van der Waals surface area (Å²) in [5.41, 5.74) is 6.65. The molecule has 0 saturated heterocycles. The van der Waals surface area contributed by atoms with E-state index in [1.807, 2.05) is 0 Å². The zero-order chi connectivity index (χ0) is 18.7. The van der Waals surface area contributed by atoms with Crippen LogP contribution in [0.3, 0.4) is 0 Å². The number of halogens is 1. The van der Waals surface area contributed by atoms with Gasteiger partial charge in [-0.3, -0.25) is 4.79 Å². The molecule has 8 heteroatoms. The van der Waals surface area contributed by atoms with Crippen LogP contribution in [-0.4, -0.2) is 31.2 Å². The molecule has 26 heavy (non-hydrogen) atoms. The lowest BCUT2D eigenvalue weighted by molar-refractivity contribution is -0.123. The van der Waals surface area contributed by atoms with Crippen LogP contribution in [-0.2, 0) is 9.53 Å². The van der Waals surface area contributed by atoms with Crippen LogP contribution in [0.4, 0.5) is 11.4 Å². The Hall–Kier alpha value is -2.93. The number of amides is 1. The molecule has 2 aromatic rings. The van der Waals surface area contributed by atoms with E-state index >= 15 is 0 Å². The Bertz CT molecular complexity index is 855. The van der Waals surface area contributed by atoms with Crippen LogP contribution >= 0.6 is 11.6 Å². The van der Waals surface area contributed by atoms with Gasteiger partial charge in [-0.15, -0.1) is 0 Å². The predicted octanol–water partition coefficient (Wildman–Crippen LogP) is 2.88. The van der Waals surface area contributed by atoms with Gasteiger partial charge in [0.05, 0.1) is 16.3 Å². The van der Waals surface area contributed by atoms with E-state index in [1.165, 1.54) is 25.1 Å². The molecular weight excluding hydrogens is 360 g/mol. The molecule has 0 saturated carbocycles. The molecular formula is C18H17ClN2O5. The highest BCUT2D eigenvalue weighted by molar-refractivity contribution is 6.33. The van der Waals surface area contributed by atoms with Crippen LogP contribution in [0.25, 0.3) is 0 Å². The molecule has 1 amide bonds. The Kier molecular flexibility index (Phi) is 5.18. The third kappa shape index (κ3) is 4.00. The first kappa shape index (κ1) is 17.9. The molecule has 1 aliphatic heterocycles. The fourth-order valence-corrected chi connectivity index (χ4v) is 2.44. The maximum absolute atomic E-state index is 12.3. The standard InChI is InChI=1S/C18H17ClN2O5/c1-10(26-18(23)11-2-4-13(19)14(20)8-11)17(22)21-12-3-5-15-16(9-12)25-7-6-24-15/h2-5,8-10H,6-7,20H2,1H3,(H,21,22)/t10-/m0/s1. The lowest BCUT2D eigenvalue weighted by Gasteiger charge is -2.19. The van der Waals surface area contributed by atoms with E-state index in [2.05, 4.69) is 5.32 Å². The average Bonchev–Trinajstić information content (AvgIpc) is 2.63. The van der Waals surface area contributed by atoms with E-state index in [0.717, 1.165) is 0 Å². The van der Waals surface area contributed by atoms with Gasteiger partial charge < -0.3 is 25.3 Å². The molecule has 0 spiro atoms. The van der Waals surface area contributed by atoms with Gasteiger partial charge in [0.1, 0.15) is 13.2 Å². The third-order valence-electron chi connectivity index (χ3n) is 3.69. The summed E-state index contributed by atoms with van der Waals surface area (Å²) in [5.74, 6) is 0.0274. The Balaban J connectivity index is 1.62. The Morgan fingerprint density at radius 1 is 1.15 bits per heavy atom. The summed E-state index contributed by atoms with van der Waals surface area (Å²) >= 11 is 5.82. The van der Waals surface area contributed by atoms with E-state index in [1.54, 1.807) is 18.2 Å². The fourth-order valence-electron chi connectivity index (χ4n) is 2.32. The number of nitrogen functional groups attached to an aromatic ring is 1. The van der Waals surface area contributed by atoms with Crippen LogP contribution in [0.2, 0.25) is 5.02 Å². The minimum atomic E-state index is -1.01. The molecule has 3 N–H and O–H groups in total. The van der Waals surface area contributed by atoms with Crippen molar-refractivity contribution in [1.82, 2.24) is 0 Å². The number of carbonyl (C=O) groups excluding carboxylic acids is 2. The van der Waals surface area contributed by atoms with Crippen LogP contribution in [0.15, 0.2) is 36.4 Å². The summed E-state index contributed by atoms with van der Waals surface area (Å²) in [6.45, 7) is 2.41. The first-order chi connectivity index (χ1) is 12.4. The molecule has 0 aromatic heterocycles. The van der Waals surface area contributed by atoms with Crippen LogP contribution in [0, 0.1) is 0 Å². The smallest absolute Gasteiger partial charge is 0.338 e. The normalized spacial score (nSPS) is 13.6. The number of rotatable bonds is 4. The summed E-state index contributed by atoms with van der Waals surface area (Å²) in [7, 11) is 0. The first-order valence-electron chi connectivity index (χ1n) is 7.90. The number of ether oxygens (including phenoxy) is 3. The van der Waals surface area contributed by atoms with Gasteiger partial charge >= 0.3 is 5.97 Å². The molecule has 136 valence electrons. The maximum Gasteiger partial charge on any atom is 0.338 e. The molecule has 0 bridgehead atoms. The summed E-state index contributed by atoms with van der Waals surface area (Å²) in [6, 6.07) is 9.41. The highest BCUT2D eigenvalue weighted by Crippen LogP contribution is 2.32. The Labute approximate surface area is 155 Å². The largest absolute Gasteiger partial charge is 0.486 e. The number of carbonyl (C=O) groups is 2. The minimum Gasteiger partial charge on any atom is -0.486 e. The number of hydrogen-bond donors (Lipinski definition) is 2. The van der Waals surface area contributed by atoms with Gasteiger partial charge in [-0.05, 0) is 37.3 Å². The topological polar surface area (TPSA) is 99.9 Å². The number of benzene rings is 2. The van der Waals surface area contributed by atoms with Crippen molar-refractivity contribution in [2.75, 3.05) is 24.3 Å². The predicted molar refractivity (Wildman–Crippen MR) is 96.8 cm³/mol. The van der Waals surface area contributed by atoms with Crippen molar-refractivity contribution in [1.29, 1.82) is 0 Å². The first-order valence-corrected chi connectivity index (χ1v) is 8.28. The lowest BCUT2D eigenvalue weighted by Crippen LogP contribution is -2.30. The number of hydrogen-bond acceptors (Lipinski definition) is 6. The molecule has 7 nitrogen and oxygen atoms in total. The van der Waals surface area contributed by atoms with E-state index < -0.39 is 18.0 Å². The van der Waals surface area contributed by atoms with Crippen molar-refractivity contribution in [3.63, 3.8) is 0 Å². The van der Waals surface area contributed by atoms with Crippen molar-refractivity contribution < 1.29 is 23.8 Å². The van der Waals surface area contributed by atoms with Crippen molar-refractivity contribution in [2.24, 2.45) is 0 Å². The van der Waals surface area contributed by atoms with Gasteiger partial charge in [0.15, 0.2) is 17.6 Å². The second kappa shape index (κ2) is 7.53. The van der Waals surface area contributed by atoms with E-state index in [9.17, 15) is 9.59 Å². The summed E-state index contributed by atoms with van der Waals surface area (Å²) < 4.78 is 16.1. The van der Waals surface area contributed by atoms with E-state index in [0.29, 0.717) is 35.4 Å². The van der Waals surface area contributed by atoms with Gasteiger partial charge in [-0.25, -0.2) is 4.79 Å². The van der Waals surface area contributed by atoms with Crippen molar-refractivity contribution in [2.45, 2.75) is 13.0 Å². The van der Waals surface area contributed by atoms with Crippen LogP contribution < -0.4 is 20.5 Å². The quantitative estimate of drug-likeness (QED) is 0.628. The molecule has 1 heterocycles. The monoisotopic (exact) mass is 376 g/mol. The van der Waals surface area contributed by atoms with Gasteiger partial charge in [-0.1, -0.05) is 11.6 Å². The van der Waals surface area contributed by atoms with E-state index in [-0.39, 0.29) is 11.3 Å². The molecule has 1 atom stereocenters. The molecule has 3 rings (SSSR count). The number of fused-ring (bicyclic) bond motifs is 1. The Morgan fingerprint density at radius 3 is 2.62 bits per heavy atom. The van der Waals surface area contributed by atoms with E-state index in [4.69, 9.17) is 31.5 Å². The molecule has 0 unspecified atom stereocenters. The molecule has 0 aliphatic carbocycles. The van der Waals surface area contributed by atoms with Crippen molar-refractivity contribution >= 4 is 34.9 Å². The van der Waals surface area contributed by atoms with Crippen molar-refractivity contribution in [3.05, 3.63) is 47.0 Å². The summed E-state index contributed by atoms with van der Waals surface area (Å²) in [6.07, 6.45) is -1.01. The number of anilines is 2. The van der Waals surface area contributed by atoms with Crippen LogP contribution in [0.5, 0.6) is 11.5 Å². The molecule has 0 fully saturated rings. The number of esters is 1. The highest BCUT2D eigenvalue weighted by atomic mass is 35.5. The SMILES string of the molecule is C[C@H](OC(=O)c1ccc(Cl)c(N)c1)C(=O)Nc1ccc2c(c1)OCCO2. The number of nitrogens with two attached hydrogens (primary N) is 1. The van der Waals surface area contributed by atoms with Crippen LogP contribution in [0.1, 0.15) is 17.3 Å². The summed E-state index contributed by atoms with van der Waals surface area (Å²) in [4.78, 5) is 24.4. The van der Waals surface area contributed by atoms with Crippen molar-refractivity contribution in [3.8, 4) is 11.5 Å². The molecule has 2 aromatic carbocycles. The molecule has 1 aliphatic rings. The second-order valence-corrected chi connectivity index (χ2v) is 6.04. The fraction of sp³-hybridized carbons (Fsp3) is 0.222. The summed E-state index contributed by atoms with van der Waals surface area (Å²) in [5, 5.41) is 3.01.